The smallest absolute Gasteiger partial charge is 0.410 e. The molecule has 0 aromatic heterocycles. The number of aliphatic hydroxyl groups excluding tert-OH is 1. The van der Waals surface area contributed by atoms with Gasteiger partial charge in [0.2, 0.25) is 0 Å². The number of likely N-dealkylation sites (tertiary alicyclic amines) is 1. The van der Waals surface area contributed by atoms with Gasteiger partial charge in [-0.3, -0.25) is 4.21 Å². The number of hydrogen-bond donors (Lipinski definition) is 1. The minimum absolute atomic E-state index is 0.154. The van der Waals surface area contributed by atoms with E-state index in [0.717, 1.165) is 56.9 Å². The van der Waals surface area contributed by atoms with Crippen molar-refractivity contribution in [2.45, 2.75) is 108 Å². The minimum atomic E-state index is -5.59. The summed E-state index contributed by atoms with van der Waals surface area (Å²) in [5, 5.41) is 10.9. The molecule has 1 unspecified atom stereocenters. The predicted octanol–water partition coefficient (Wildman–Crippen LogP) is 7.16. The van der Waals surface area contributed by atoms with Crippen LogP contribution in [0.2, 0.25) is 0 Å². The number of nitrogens with zero attached hydrogens (tertiary/aromatic N) is 2. The molecule has 1 saturated heterocycles. The van der Waals surface area contributed by atoms with Gasteiger partial charge >= 0.3 is 18.2 Å². The quantitative estimate of drug-likeness (QED) is 0.267. The number of halogens is 5. The molecule has 3 fully saturated rings. The number of amides is 1. The Balaban J connectivity index is 1.25. The average molecular weight is 677 g/mol. The van der Waals surface area contributed by atoms with Crippen LogP contribution in [0.15, 0.2) is 18.2 Å². The molecule has 3 aliphatic carbocycles. The summed E-state index contributed by atoms with van der Waals surface area (Å²) >= 11 is 0. The van der Waals surface area contributed by atoms with Crippen molar-refractivity contribution < 1.29 is 40.8 Å². The number of carbonyl (C=O) groups excluding carboxylic acids is 1. The maximum Gasteiger partial charge on any atom is 0.453 e. The number of rotatable bonds is 10. The van der Waals surface area contributed by atoms with E-state index in [-0.39, 0.29) is 35.0 Å². The fourth-order valence-corrected chi connectivity index (χ4v) is 10.2. The molecule has 7 atom stereocenters. The molecule has 1 N–H and O–H groups in total. The van der Waals surface area contributed by atoms with Gasteiger partial charge in [0, 0.05) is 47.9 Å². The van der Waals surface area contributed by atoms with E-state index in [9.17, 15) is 36.1 Å². The third-order valence-electron chi connectivity index (χ3n) is 11.7. The first-order chi connectivity index (χ1) is 21.6. The summed E-state index contributed by atoms with van der Waals surface area (Å²) in [6.45, 7) is 3.50. The first-order valence-corrected chi connectivity index (χ1v) is 18.3. The molecule has 6 nitrogen and oxygen atoms in total. The molecule has 1 amide bonds. The van der Waals surface area contributed by atoms with Crippen LogP contribution in [0.4, 0.5) is 26.7 Å². The number of ether oxygens (including phenoxy) is 1. The molecule has 1 heterocycles. The van der Waals surface area contributed by atoms with Crippen molar-refractivity contribution in [1.29, 1.82) is 0 Å². The molecule has 46 heavy (non-hydrogen) atoms. The Morgan fingerprint density at radius 3 is 2.43 bits per heavy atom. The number of piperidine rings is 1. The molecule has 2 saturated carbocycles. The fourth-order valence-electron chi connectivity index (χ4n) is 9.02. The number of fused-ring (bicyclic) bond motifs is 5. The van der Waals surface area contributed by atoms with Crippen LogP contribution in [0, 0.1) is 23.2 Å². The van der Waals surface area contributed by atoms with Crippen LogP contribution in [-0.2, 0) is 17.2 Å². The Labute approximate surface area is 271 Å². The van der Waals surface area contributed by atoms with Crippen molar-refractivity contribution in [3.63, 3.8) is 0 Å². The number of carbonyl (C=O) groups is 1. The van der Waals surface area contributed by atoms with E-state index < -0.39 is 35.7 Å². The molecule has 1 aromatic carbocycles. The van der Waals surface area contributed by atoms with Gasteiger partial charge in [0.25, 0.3) is 0 Å². The van der Waals surface area contributed by atoms with Gasteiger partial charge in [0.1, 0.15) is 5.75 Å². The van der Waals surface area contributed by atoms with Gasteiger partial charge in [-0.15, -0.1) is 0 Å². The summed E-state index contributed by atoms with van der Waals surface area (Å²) in [5.74, 6) is -2.98. The standard InChI is InChI=1S/C34H49F5N2O4S/c1-32-15-11-27-26-8-7-25(45-31(43)41-16-12-24(13-17-41)40(2)3)21-23(26)20-22(30(27)28(32)9-10-29(32)42)6-4-18-46(44)19-5-14-33(35,36)34(37,38)39/h7-8,21-22,24,27-30,42H,4-6,9-20H2,1-3H3/t22-,27-,28+,29+,30-,32+,46?/m1/s1. The van der Waals surface area contributed by atoms with Gasteiger partial charge in [0.15, 0.2) is 0 Å². The van der Waals surface area contributed by atoms with E-state index >= 15 is 0 Å². The third-order valence-corrected chi connectivity index (χ3v) is 13.2. The second kappa shape index (κ2) is 14.0. The summed E-state index contributed by atoms with van der Waals surface area (Å²) in [5.41, 5.74) is 2.25. The molecule has 1 aromatic rings. The molecule has 12 heteroatoms. The Hall–Kier alpha value is -1.79. The van der Waals surface area contributed by atoms with Crippen LogP contribution in [0.3, 0.4) is 0 Å². The highest BCUT2D eigenvalue weighted by Gasteiger charge is 2.57. The zero-order chi connectivity index (χ0) is 33.4. The van der Waals surface area contributed by atoms with Crippen molar-refractivity contribution in [2.24, 2.45) is 23.2 Å². The lowest BCUT2D eigenvalue weighted by atomic mass is 9.52. The van der Waals surface area contributed by atoms with Crippen molar-refractivity contribution in [3.8, 4) is 5.75 Å². The fraction of sp³-hybridized carbons (Fsp3) is 0.794. The molecule has 0 radical (unpaired) electrons. The van der Waals surface area contributed by atoms with Crippen molar-refractivity contribution in [1.82, 2.24) is 9.80 Å². The molecule has 0 bridgehead atoms. The van der Waals surface area contributed by atoms with Crippen LogP contribution in [0.1, 0.15) is 88.2 Å². The summed E-state index contributed by atoms with van der Waals surface area (Å²) < 4.78 is 82.5. The molecule has 260 valence electrons. The Bertz CT molecular complexity index is 1250. The van der Waals surface area contributed by atoms with Gasteiger partial charge in [-0.2, -0.15) is 22.0 Å². The first-order valence-electron chi connectivity index (χ1n) is 16.8. The molecular formula is C34H49F5N2O4S. The number of benzene rings is 1. The minimum Gasteiger partial charge on any atom is -0.410 e. The van der Waals surface area contributed by atoms with E-state index in [1.165, 1.54) is 5.56 Å². The van der Waals surface area contributed by atoms with Crippen LogP contribution < -0.4 is 4.74 Å². The van der Waals surface area contributed by atoms with Crippen LogP contribution in [0.5, 0.6) is 5.75 Å². The molecule has 4 aliphatic rings. The molecule has 5 rings (SSSR count). The molecule has 0 spiro atoms. The van der Waals surface area contributed by atoms with E-state index in [1.807, 2.05) is 12.1 Å². The van der Waals surface area contributed by atoms with E-state index in [1.54, 1.807) is 4.90 Å². The first kappa shape index (κ1) is 35.5. The van der Waals surface area contributed by atoms with Crippen LogP contribution in [-0.4, -0.2) is 88.1 Å². The Kier molecular flexibility index (Phi) is 10.8. The van der Waals surface area contributed by atoms with Crippen molar-refractivity contribution in [3.05, 3.63) is 29.3 Å². The third kappa shape index (κ3) is 7.43. The zero-order valence-electron chi connectivity index (χ0n) is 27.2. The van der Waals surface area contributed by atoms with Crippen molar-refractivity contribution >= 4 is 16.9 Å². The highest BCUT2D eigenvalue weighted by Crippen LogP contribution is 2.62. The lowest BCUT2D eigenvalue weighted by Gasteiger charge is -2.53. The van der Waals surface area contributed by atoms with Gasteiger partial charge < -0.3 is 19.6 Å². The number of alkyl halides is 5. The van der Waals surface area contributed by atoms with Gasteiger partial charge in [-0.25, -0.2) is 4.79 Å². The average Bonchev–Trinajstić information content (AvgIpc) is 3.30. The maximum atomic E-state index is 13.3. The van der Waals surface area contributed by atoms with E-state index in [0.29, 0.717) is 49.1 Å². The molecule has 1 aliphatic heterocycles. The highest BCUT2D eigenvalue weighted by atomic mass is 32.2. The summed E-state index contributed by atoms with van der Waals surface area (Å²) in [6.07, 6.45) is -0.602. The van der Waals surface area contributed by atoms with Gasteiger partial charge in [-0.05, 0) is 131 Å². The van der Waals surface area contributed by atoms with Gasteiger partial charge in [-0.1, -0.05) is 13.0 Å². The number of aliphatic hydroxyl groups is 1. The molecular weight excluding hydrogens is 627 g/mol. The van der Waals surface area contributed by atoms with Crippen molar-refractivity contribution in [2.75, 3.05) is 38.7 Å². The normalized spacial score (nSPS) is 30.9. The lowest BCUT2D eigenvalue weighted by molar-refractivity contribution is -0.284. The monoisotopic (exact) mass is 676 g/mol. The Morgan fingerprint density at radius 2 is 1.76 bits per heavy atom. The highest BCUT2D eigenvalue weighted by molar-refractivity contribution is 7.84. The lowest BCUT2D eigenvalue weighted by Crippen LogP contribution is -2.47. The van der Waals surface area contributed by atoms with Gasteiger partial charge in [0.05, 0.1) is 6.10 Å². The van der Waals surface area contributed by atoms with E-state index in [2.05, 4.69) is 32.0 Å². The van der Waals surface area contributed by atoms with Crippen LogP contribution in [0.25, 0.3) is 0 Å². The zero-order valence-corrected chi connectivity index (χ0v) is 28.0. The Morgan fingerprint density at radius 1 is 1.07 bits per heavy atom. The largest absolute Gasteiger partial charge is 0.453 e. The van der Waals surface area contributed by atoms with Crippen LogP contribution >= 0.6 is 0 Å². The van der Waals surface area contributed by atoms with E-state index in [4.69, 9.17) is 4.74 Å². The maximum absolute atomic E-state index is 13.3. The number of hydrogen-bond acceptors (Lipinski definition) is 5. The summed E-state index contributed by atoms with van der Waals surface area (Å²) in [6, 6.07) is 6.43. The second-order valence-corrected chi connectivity index (χ2v) is 16.3. The summed E-state index contributed by atoms with van der Waals surface area (Å²) in [7, 11) is 2.62. The summed E-state index contributed by atoms with van der Waals surface area (Å²) in [4.78, 5) is 17.0. The topological polar surface area (TPSA) is 70.1 Å². The second-order valence-electron chi connectivity index (χ2n) is 14.6. The predicted molar refractivity (Wildman–Crippen MR) is 168 cm³/mol. The SMILES string of the molecule is CN(C)C1CCN(C(=O)Oc2ccc3c(c2)C[C@@H](CCCS(=O)CCCC(F)(F)C(F)(F)F)[C@@H]2[C@@H]3CC[C@]3(C)[C@@H](O)CC[C@@H]23)CC1.